The fraction of sp³-hybridized carbons (Fsp3) is 0.556. The summed E-state index contributed by atoms with van der Waals surface area (Å²) in [7, 11) is 1.52. The minimum Gasteiger partial charge on any atom is -0.375 e. The Labute approximate surface area is 141 Å². The third kappa shape index (κ3) is 3.59. The lowest BCUT2D eigenvalue weighted by atomic mass is 9.77. The van der Waals surface area contributed by atoms with Gasteiger partial charge < -0.3 is 14.5 Å². The Kier molecular flexibility index (Phi) is 4.85. The van der Waals surface area contributed by atoms with Crippen molar-refractivity contribution in [2.75, 3.05) is 33.4 Å². The third-order valence-corrected chi connectivity index (χ3v) is 5.11. The Bertz CT molecular complexity index is 626. The molecule has 1 aromatic rings. The van der Waals surface area contributed by atoms with Crippen LogP contribution in [0.2, 0.25) is 0 Å². The van der Waals surface area contributed by atoms with Crippen LogP contribution in [0.15, 0.2) is 24.3 Å². The lowest BCUT2D eigenvalue weighted by molar-refractivity contribution is -0.137. The van der Waals surface area contributed by atoms with Gasteiger partial charge >= 0.3 is 0 Å². The van der Waals surface area contributed by atoms with Crippen LogP contribution in [-0.4, -0.2) is 55.0 Å². The molecule has 0 radical (unpaired) electrons. The maximum absolute atomic E-state index is 13.3. The number of likely N-dealkylation sites (tertiary alicyclic amines) is 2. The first-order valence-corrected chi connectivity index (χ1v) is 8.30. The molecule has 2 saturated heterocycles. The van der Waals surface area contributed by atoms with E-state index < -0.39 is 0 Å². The van der Waals surface area contributed by atoms with E-state index in [4.69, 9.17) is 4.74 Å². The fourth-order valence-electron chi connectivity index (χ4n) is 3.76. The van der Waals surface area contributed by atoms with E-state index >= 15 is 0 Å². The Hall–Kier alpha value is -1.95. The molecule has 24 heavy (non-hydrogen) atoms. The lowest BCUT2D eigenvalue weighted by Gasteiger charge is -2.38. The van der Waals surface area contributed by atoms with E-state index in [1.165, 1.54) is 19.2 Å². The number of halogens is 1. The van der Waals surface area contributed by atoms with Gasteiger partial charge in [0.15, 0.2) is 0 Å². The third-order valence-electron chi connectivity index (χ3n) is 5.11. The number of hydrogen-bond donors (Lipinski definition) is 0. The molecule has 6 heteroatoms. The van der Waals surface area contributed by atoms with Crippen LogP contribution < -0.4 is 0 Å². The van der Waals surface area contributed by atoms with Crippen LogP contribution >= 0.6 is 0 Å². The number of carbonyl (C=O) groups excluding carboxylic acids is 2. The van der Waals surface area contributed by atoms with Crippen LogP contribution in [0, 0.1) is 11.2 Å². The summed E-state index contributed by atoms with van der Waals surface area (Å²) in [6, 6.07) is 6.39. The minimum absolute atomic E-state index is 0.00768. The second-order valence-corrected chi connectivity index (χ2v) is 6.87. The highest BCUT2D eigenvalue weighted by molar-refractivity contribution is 5.80. The van der Waals surface area contributed by atoms with Crippen molar-refractivity contribution < 1.29 is 18.7 Å². The number of rotatable bonds is 4. The highest BCUT2D eigenvalue weighted by Crippen LogP contribution is 2.41. The average Bonchev–Trinajstić information content (AvgIpc) is 2.83. The molecule has 0 unspecified atom stereocenters. The van der Waals surface area contributed by atoms with Gasteiger partial charge in [-0.25, -0.2) is 4.39 Å². The van der Waals surface area contributed by atoms with Gasteiger partial charge in [0.25, 0.3) is 0 Å². The van der Waals surface area contributed by atoms with Gasteiger partial charge in [-0.3, -0.25) is 9.59 Å². The molecule has 2 fully saturated rings. The van der Waals surface area contributed by atoms with Gasteiger partial charge in [-0.15, -0.1) is 0 Å². The fourth-order valence-corrected chi connectivity index (χ4v) is 3.76. The van der Waals surface area contributed by atoms with E-state index in [1.807, 2.05) is 15.9 Å². The normalized spacial score (nSPS) is 20.0. The summed E-state index contributed by atoms with van der Waals surface area (Å²) in [4.78, 5) is 27.9. The Morgan fingerprint density at radius 3 is 2.75 bits per heavy atom. The number of carbonyl (C=O) groups is 2. The van der Waals surface area contributed by atoms with Crippen molar-refractivity contribution in [3.63, 3.8) is 0 Å². The number of methoxy groups -OCH3 is 1. The molecule has 2 aliphatic rings. The average molecular weight is 334 g/mol. The SMILES string of the molecule is COCC(=O)N1CCC2(CC1)CC(=O)N(Cc1cccc(F)c1)C2. The molecule has 1 spiro atoms. The number of amides is 2. The van der Waals surface area contributed by atoms with Crippen LogP contribution in [0.1, 0.15) is 24.8 Å². The van der Waals surface area contributed by atoms with Crippen LogP contribution in [0.3, 0.4) is 0 Å². The predicted octanol–water partition coefficient (Wildman–Crippen LogP) is 1.81. The molecular formula is C18H23FN2O3. The van der Waals surface area contributed by atoms with Crippen molar-refractivity contribution >= 4 is 11.8 Å². The predicted molar refractivity (Wildman–Crippen MR) is 86.6 cm³/mol. The molecule has 0 saturated carbocycles. The monoisotopic (exact) mass is 334 g/mol. The van der Waals surface area contributed by atoms with Gasteiger partial charge in [0.1, 0.15) is 12.4 Å². The standard InChI is InChI=1S/C18H23FN2O3/c1-24-12-17(23)20-7-5-18(6-8-20)10-16(22)21(13-18)11-14-3-2-4-15(19)9-14/h2-4,9H,5-8,10-13H2,1H3. The van der Waals surface area contributed by atoms with Crippen molar-refractivity contribution in [3.05, 3.63) is 35.6 Å². The van der Waals surface area contributed by atoms with Crippen molar-refractivity contribution in [2.45, 2.75) is 25.8 Å². The zero-order valence-electron chi connectivity index (χ0n) is 14.0. The summed E-state index contributed by atoms with van der Waals surface area (Å²) in [6.45, 7) is 2.59. The molecule has 0 aromatic heterocycles. The van der Waals surface area contributed by atoms with Crippen LogP contribution in [-0.2, 0) is 20.9 Å². The van der Waals surface area contributed by atoms with Crippen molar-refractivity contribution in [2.24, 2.45) is 5.41 Å². The van der Waals surface area contributed by atoms with Crippen molar-refractivity contribution in [1.29, 1.82) is 0 Å². The number of nitrogens with zero attached hydrogens (tertiary/aromatic N) is 2. The number of piperidine rings is 1. The van der Waals surface area contributed by atoms with E-state index in [2.05, 4.69) is 0 Å². The molecule has 3 rings (SSSR count). The highest BCUT2D eigenvalue weighted by Gasteiger charge is 2.45. The number of ether oxygens (including phenoxy) is 1. The Balaban J connectivity index is 1.60. The first-order chi connectivity index (χ1) is 11.5. The van der Waals surface area contributed by atoms with Gasteiger partial charge in [-0.05, 0) is 30.5 Å². The molecule has 1 aromatic carbocycles. The largest absolute Gasteiger partial charge is 0.375 e. The van der Waals surface area contributed by atoms with Gasteiger partial charge in [0.05, 0.1) is 0 Å². The summed E-state index contributed by atoms with van der Waals surface area (Å²) in [5.74, 6) is -0.150. The minimum atomic E-state index is -0.279. The summed E-state index contributed by atoms with van der Waals surface area (Å²) in [5.41, 5.74) is 0.766. The van der Waals surface area contributed by atoms with Gasteiger partial charge in [0, 0.05) is 45.1 Å². The van der Waals surface area contributed by atoms with E-state index in [-0.39, 0.29) is 29.7 Å². The quantitative estimate of drug-likeness (QED) is 0.844. The van der Waals surface area contributed by atoms with Crippen LogP contribution in [0.4, 0.5) is 4.39 Å². The molecular weight excluding hydrogens is 311 g/mol. The highest BCUT2D eigenvalue weighted by atomic mass is 19.1. The Morgan fingerprint density at radius 1 is 1.33 bits per heavy atom. The maximum Gasteiger partial charge on any atom is 0.248 e. The molecule has 0 bridgehead atoms. The van der Waals surface area contributed by atoms with Gasteiger partial charge in [0.2, 0.25) is 11.8 Å². The molecule has 2 amide bonds. The molecule has 130 valence electrons. The molecule has 2 heterocycles. The van der Waals surface area contributed by atoms with Gasteiger partial charge in [-0.2, -0.15) is 0 Å². The van der Waals surface area contributed by atoms with Crippen LogP contribution in [0.5, 0.6) is 0 Å². The topological polar surface area (TPSA) is 49.9 Å². The Morgan fingerprint density at radius 2 is 2.08 bits per heavy atom. The van der Waals surface area contributed by atoms with Crippen LogP contribution in [0.25, 0.3) is 0 Å². The smallest absolute Gasteiger partial charge is 0.248 e. The lowest BCUT2D eigenvalue weighted by Crippen LogP contribution is -2.45. The first-order valence-electron chi connectivity index (χ1n) is 8.30. The van der Waals surface area contributed by atoms with Crippen molar-refractivity contribution in [1.82, 2.24) is 9.80 Å². The first kappa shape index (κ1) is 16.9. The molecule has 0 aliphatic carbocycles. The summed E-state index contributed by atoms with van der Waals surface area (Å²) < 4.78 is 18.2. The summed E-state index contributed by atoms with van der Waals surface area (Å²) in [6.07, 6.45) is 2.18. The molecule has 2 aliphatic heterocycles. The van der Waals surface area contributed by atoms with Gasteiger partial charge in [-0.1, -0.05) is 12.1 Å². The maximum atomic E-state index is 13.3. The van der Waals surface area contributed by atoms with E-state index in [0.29, 0.717) is 32.6 Å². The second kappa shape index (κ2) is 6.89. The molecule has 0 N–H and O–H groups in total. The van der Waals surface area contributed by atoms with E-state index in [0.717, 1.165) is 18.4 Å². The van der Waals surface area contributed by atoms with E-state index in [1.54, 1.807) is 6.07 Å². The zero-order valence-corrected chi connectivity index (χ0v) is 14.0. The van der Waals surface area contributed by atoms with Crippen molar-refractivity contribution in [3.8, 4) is 0 Å². The number of benzene rings is 1. The zero-order chi connectivity index (χ0) is 17.2. The second-order valence-electron chi connectivity index (χ2n) is 6.87. The summed E-state index contributed by atoms with van der Waals surface area (Å²) in [5, 5.41) is 0. The van der Waals surface area contributed by atoms with E-state index in [9.17, 15) is 14.0 Å². The number of hydrogen-bond acceptors (Lipinski definition) is 3. The molecule has 5 nitrogen and oxygen atoms in total. The molecule has 0 atom stereocenters. The summed E-state index contributed by atoms with van der Waals surface area (Å²) >= 11 is 0.